The highest BCUT2D eigenvalue weighted by Crippen LogP contribution is 2.20. The molecule has 1 aromatic rings. The van der Waals surface area contributed by atoms with Crippen molar-refractivity contribution >= 4 is 15.9 Å². The molecule has 0 aliphatic rings. The van der Waals surface area contributed by atoms with Gasteiger partial charge in [0.2, 0.25) is 0 Å². The monoisotopic (exact) mass is 285 g/mol. The van der Waals surface area contributed by atoms with Gasteiger partial charge < -0.3 is 5.73 Å². The molecule has 0 radical (unpaired) electrons. The van der Waals surface area contributed by atoms with Gasteiger partial charge in [-0.25, -0.2) is 0 Å². The summed E-state index contributed by atoms with van der Waals surface area (Å²) in [5.74, 6) is 0. The first-order chi connectivity index (χ1) is 8.93. The number of anilines is 1. The Morgan fingerprint density at radius 2 is 2.00 bits per heavy atom. The van der Waals surface area contributed by atoms with Gasteiger partial charge in [0.15, 0.2) is 0 Å². The van der Waals surface area contributed by atoms with Crippen LogP contribution in [0.5, 0.6) is 0 Å². The molecule has 108 valence electrons. The maximum atomic E-state index is 12.5. The maximum Gasteiger partial charge on any atom is 0.303 e. The van der Waals surface area contributed by atoms with Crippen LogP contribution < -0.4 is 10.0 Å². The summed E-state index contributed by atoms with van der Waals surface area (Å²) < 4.78 is 27.7. The van der Waals surface area contributed by atoms with E-state index in [1.54, 1.807) is 7.05 Å². The van der Waals surface area contributed by atoms with Gasteiger partial charge in [-0.2, -0.15) is 12.7 Å². The molecule has 0 aliphatic heterocycles. The minimum Gasteiger partial charge on any atom is -0.330 e. The van der Waals surface area contributed by atoms with Gasteiger partial charge in [-0.15, -0.1) is 0 Å². The Hall–Kier alpha value is -1.11. The number of nitrogens with two attached hydrogens (primary N) is 1. The Bertz CT molecular complexity index is 502. The Kier molecular flexibility index (Phi) is 5.78. The lowest BCUT2D eigenvalue weighted by molar-refractivity contribution is 0.461. The maximum absolute atomic E-state index is 12.5. The van der Waals surface area contributed by atoms with Crippen LogP contribution in [0.25, 0.3) is 0 Å². The normalized spacial score (nSPS) is 11.8. The lowest BCUT2D eigenvalue weighted by atomic mass is 10.2. The second kappa shape index (κ2) is 6.88. The molecule has 19 heavy (non-hydrogen) atoms. The van der Waals surface area contributed by atoms with Gasteiger partial charge in [0.1, 0.15) is 0 Å². The minimum absolute atomic E-state index is 0.402. The highest BCUT2D eigenvalue weighted by atomic mass is 32.2. The van der Waals surface area contributed by atoms with Gasteiger partial charge in [0.25, 0.3) is 0 Å². The summed E-state index contributed by atoms with van der Waals surface area (Å²) >= 11 is 0. The van der Waals surface area contributed by atoms with Crippen molar-refractivity contribution in [3.05, 3.63) is 29.8 Å². The first kappa shape index (κ1) is 15.9. The second-order valence-corrected chi connectivity index (χ2v) is 6.44. The third-order valence-electron chi connectivity index (χ3n) is 2.93. The molecule has 0 atom stereocenters. The van der Waals surface area contributed by atoms with Crippen LogP contribution in [0, 0.1) is 6.92 Å². The molecular weight excluding hydrogens is 262 g/mol. The lowest BCUT2D eigenvalue weighted by Crippen LogP contribution is -2.42. The lowest BCUT2D eigenvalue weighted by Gasteiger charge is -2.28. The Labute approximate surface area is 116 Å². The van der Waals surface area contributed by atoms with Crippen molar-refractivity contribution in [1.82, 2.24) is 4.31 Å². The number of aryl methyl sites for hydroxylation is 1. The van der Waals surface area contributed by atoms with Crippen LogP contribution in [0.1, 0.15) is 18.9 Å². The van der Waals surface area contributed by atoms with Crippen molar-refractivity contribution in [3.8, 4) is 0 Å². The molecule has 1 aromatic carbocycles. The SMILES string of the molecule is CCN(c1cccc(C)c1)S(=O)(=O)N(C)CCCN. The number of nitrogens with zero attached hydrogens (tertiary/aromatic N) is 2. The Morgan fingerprint density at radius 3 is 2.53 bits per heavy atom. The fourth-order valence-electron chi connectivity index (χ4n) is 1.86. The van der Waals surface area contributed by atoms with Crippen LogP contribution >= 0.6 is 0 Å². The summed E-state index contributed by atoms with van der Waals surface area (Å²) in [4.78, 5) is 0. The molecule has 6 heteroatoms. The van der Waals surface area contributed by atoms with Crippen LogP contribution in [0.4, 0.5) is 5.69 Å². The molecule has 0 unspecified atom stereocenters. The molecular formula is C13H23N3O2S. The molecule has 0 heterocycles. The third kappa shape index (κ3) is 3.92. The van der Waals surface area contributed by atoms with E-state index in [1.165, 1.54) is 8.61 Å². The standard InChI is InChI=1S/C13H23N3O2S/c1-4-16(13-8-5-7-12(2)11-13)19(17,18)15(3)10-6-9-14/h5,7-8,11H,4,6,9-10,14H2,1-3H3. The molecule has 0 saturated heterocycles. The zero-order valence-electron chi connectivity index (χ0n) is 11.8. The molecule has 0 aliphatic carbocycles. The largest absolute Gasteiger partial charge is 0.330 e. The van der Waals surface area contributed by atoms with Crippen LogP contribution in [-0.4, -0.2) is 39.4 Å². The van der Waals surface area contributed by atoms with Crippen molar-refractivity contribution < 1.29 is 8.42 Å². The first-order valence-corrected chi connectivity index (χ1v) is 7.84. The molecule has 0 bridgehead atoms. The topological polar surface area (TPSA) is 66.6 Å². The van der Waals surface area contributed by atoms with Gasteiger partial charge in [0.05, 0.1) is 5.69 Å². The van der Waals surface area contributed by atoms with Gasteiger partial charge >= 0.3 is 10.2 Å². The van der Waals surface area contributed by atoms with Crippen molar-refractivity contribution in [2.24, 2.45) is 5.73 Å². The quantitative estimate of drug-likeness (QED) is 0.822. The van der Waals surface area contributed by atoms with Crippen molar-refractivity contribution in [3.63, 3.8) is 0 Å². The Balaban J connectivity index is 3.01. The molecule has 0 spiro atoms. The average molecular weight is 285 g/mol. The van der Waals surface area contributed by atoms with E-state index in [0.29, 0.717) is 31.7 Å². The van der Waals surface area contributed by atoms with Gasteiger partial charge in [-0.1, -0.05) is 12.1 Å². The summed E-state index contributed by atoms with van der Waals surface area (Å²) in [5, 5.41) is 0. The van der Waals surface area contributed by atoms with Gasteiger partial charge in [-0.05, 0) is 44.5 Å². The summed E-state index contributed by atoms with van der Waals surface area (Å²) in [6, 6.07) is 7.49. The predicted octanol–water partition coefficient (Wildman–Crippen LogP) is 1.35. The Morgan fingerprint density at radius 1 is 1.32 bits per heavy atom. The van der Waals surface area contributed by atoms with E-state index in [0.717, 1.165) is 5.56 Å². The average Bonchev–Trinajstić information content (AvgIpc) is 2.36. The fraction of sp³-hybridized carbons (Fsp3) is 0.538. The number of hydrogen-bond acceptors (Lipinski definition) is 3. The summed E-state index contributed by atoms with van der Waals surface area (Å²) in [6.07, 6.45) is 0.654. The number of benzene rings is 1. The molecule has 0 fully saturated rings. The number of hydrogen-bond donors (Lipinski definition) is 1. The van der Waals surface area contributed by atoms with Crippen LogP contribution in [0.3, 0.4) is 0 Å². The molecule has 1 rings (SSSR count). The molecule has 0 amide bonds. The zero-order chi connectivity index (χ0) is 14.5. The highest BCUT2D eigenvalue weighted by Gasteiger charge is 2.25. The summed E-state index contributed by atoms with van der Waals surface area (Å²) in [6.45, 7) is 5.09. The highest BCUT2D eigenvalue weighted by molar-refractivity contribution is 7.90. The minimum atomic E-state index is -3.48. The van der Waals surface area contributed by atoms with Crippen molar-refractivity contribution in [2.75, 3.05) is 31.0 Å². The van der Waals surface area contributed by atoms with E-state index in [9.17, 15) is 8.42 Å². The van der Waals surface area contributed by atoms with E-state index in [4.69, 9.17) is 5.73 Å². The second-order valence-electron chi connectivity index (χ2n) is 4.48. The van der Waals surface area contributed by atoms with Crippen LogP contribution in [0.15, 0.2) is 24.3 Å². The summed E-state index contributed by atoms with van der Waals surface area (Å²) in [5.41, 5.74) is 7.16. The smallest absolute Gasteiger partial charge is 0.303 e. The fourth-order valence-corrected chi connectivity index (χ4v) is 3.26. The molecule has 0 saturated carbocycles. The van der Waals surface area contributed by atoms with E-state index >= 15 is 0 Å². The first-order valence-electron chi connectivity index (χ1n) is 6.44. The van der Waals surface area contributed by atoms with Gasteiger partial charge in [-0.3, -0.25) is 4.31 Å². The van der Waals surface area contributed by atoms with E-state index in [1.807, 2.05) is 38.1 Å². The van der Waals surface area contributed by atoms with Crippen LogP contribution in [0.2, 0.25) is 0 Å². The number of rotatable bonds is 7. The molecule has 2 N–H and O–H groups in total. The van der Waals surface area contributed by atoms with Crippen molar-refractivity contribution in [1.29, 1.82) is 0 Å². The van der Waals surface area contributed by atoms with Gasteiger partial charge in [0, 0.05) is 20.1 Å². The van der Waals surface area contributed by atoms with E-state index < -0.39 is 10.2 Å². The third-order valence-corrected chi connectivity index (χ3v) is 4.92. The van der Waals surface area contributed by atoms with Crippen molar-refractivity contribution in [2.45, 2.75) is 20.3 Å². The van der Waals surface area contributed by atoms with Crippen LogP contribution in [-0.2, 0) is 10.2 Å². The van der Waals surface area contributed by atoms with E-state index in [2.05, 4.69) is 0 Å². The van der Waals surface area contributed by atoms with E-state index in [-0.39, 0.29) is 0 Å². The predicted molar refractivity (Wildman–Crippen MR) is 79.4 cm³/mol. The molecule has 5 nitrogen and oxygen atoms in total. The zero-order valence-corrected chi connectivity index (χ0v) is 12.7. The molecule has 0 aromatic heterocycles. The summed E-state index contributed by atoms with van der Waals surface area (Å²) in [7, 11) is -1.90.